The van der Waals surface area contributed by atoms with Gasteiger partial charge in [-0.05, 0) is 43.4 Å². The molecule has 0 spiro atoms. The van der Waals surface area contributed by atoms with Crippen molar-refractivity contribution in [3.8, 4) is 5.75 Å². The van der Waals surface area contributed by atoms with E-state index in [1.54, 1.807) is 0 Å². The molecule has 0 N–H and O–H groups in total. The van der Waals surface area contributed by atoms with Crippen LogP contribution in [0.3, 0.4) is 0 Å². The van der Waals surface area contributed by atoms with Gasteiger partial charge in [0.25, 0.3) is 0 Å². The molecule has 0 amide bonds. The van der Waals surface area contributed by atoms with Crippen molar-refractivity contribution < 1.29 is 4.74 Å². The molecule has 0 saturated heterocycles. The number of hydrogen-bond donors (Lipinski definition) is 0. The Kier molecular flexibility index (Phi) is 3.58. The predicted octanol–water partition coefficient (Wildman–Crippen LogP) is 2.18. The molecule has 1 aliphatic carbocycles. The summed E-state index contributed by atoms with van der Waals surface area (Å²) >= 11 is 0. The van der Waals surface area contributed by atoms with Crippen LogP contribution in [0, 0.1) is 0 Å². The second-order valence-corrected chi connectivity index (χ2v) is 6.17. The molecule has 22 heavy (non-hydrogen) atoms. The molecule has 5 heteroatoms. The quantitative estimate of drug-likeness (QED) is 0.868. The number of aromatic nitrogens is 3. The van der Waals surface area contributed by atoms with Gasteiger partial charge in [-0.3, -0.25) is 4.90 Å². The third-order valence-electron chi connectivity index (χ3n) is 4.69. The Morgan fingerprint density at radius 1 is 1.18 bits per heavy atom. The van der Waals surface area contributed by atoms with Crippen molar-refractivity contribution in [3.05, 3.63) is 41.0 Å². The maximum atomic E-state index is 5.90. The van der Waals surface area contributed by atoms with Crippen LogP contribution in [0.4, 0.5) is 0 Å². The van der Waals surface area contributed by atoms with Gasteiger partial charge in [0.15, 0.2) is 0 Å². The average molecular weight is 298 g/mol. The largest absolute Gasteiger partial charge is 0.494 e. The van der Waals surface area contributed by atoms with Crippen molar-refractivity contribution in [3.63, 3.8) is 0 Å². The molecule has 0 bridgehead atoms. The maximum absolute atomic E-state index is 5.90. The monoisotopic (exact) mass is 298 g/mol. The number of ether oxygens (including phenoxy) is 1. The van der Waals surface area contributed by atoms with Crippen LogP contribution < -0.4 is 4.74 Å². The number of nitrogens with zero attached hydrogens (tertiary/aromatic N) is 4. The predicted molar refractivity (Wildman–Crippen MR) is 83.8 cm³/mol. The van der Waals surface area contributed by atoms with Crippen LogP contribution in [0.25, 0.3) is 0 Å². The van der Waals surface area contributed by atoms with Crippen molar-refractivity contribution in [2.75, 3.05) is 13.2 Å². The fourth-order valence-corrected chi connectivity index (χ4v) is 3.56. The van der Waals surface area contributed by atoms with Crippen LogP contribution in [0.2, 0.25) is 0 Å². The Morgan fingerprint density at radius 2 is 2.05 bits per heavy atom. The molecule has 0 radical (unpaired) electrons. The highest BCUT2D eigenvalue weighted by Gasteiger charge is 2.21. The Labute approximate surface area is 130 Å². The molecule has 116 valence electrons. The van der Waals surface area contributed by atoms with E-state index in [2.05, 4.69) is 38.7 Å². The van der Waals surface area contributed by atoms with E-state index in [0.29, 0.717) is 0 Å². The van der Waals surface area contributed by atoms with E-state index in [4.69, 9.17) is 4.74 Å². The molecule has 1 aromatic carbocycles. The zero-order valence-corrected chi connectivity index (χ0v) is 13.1. The Hall–Kier alpha value is -1.88. The smallest absolute Gasteiger partial charge is 0.147 e. The minimum absolute atomic E-state index is 0.722. The van der Waals surface area contributed by atoms with Gasteiger partial charge >= 0.3 is 0 Å². The van der Waals surface area contributed by atoms with Crippen molar-refractivity contribution in [2.45, 2.75) is 45.8 Å². The zero-order chi connectivity index (χ0) is 14.9. The standard InChI is InChI=1S/C17H22N4O/c1-2-22-16-9-14-5-3-4-13(14)8-15(16)10-20-6-7-21-12-18-19-17(21)11-20/h8-9,12H,2-7,10-11H2,1H3. The summed E-state index contributed by atoms with van der Waals surface area (Å²) < 4.78 is 8.04. The first kappa shape index (κ1) is 13.8. The maximum Gasteiger partial charge on any atom is 0.147 e. The van der Waals surface area contributed by atoms with Gasteiger partial charge < -0.3 is 9.30 Å². The first-order chi connectivity index (χ1) is 10.8. The zero-order valence-electron chi connectivity index (χ0n) is 13.1. The van der Waals surface area contributed by atoms with Gasteiger partial charge in [0.2, 0.25) is 0 Å². The third-order valence-corrected chi connectivity index (χ3v) is 4.69. The summed E-state index contributed by atoms with van der Waals surface area (Å²) in [5.41, 5.74) is 4.31. The van der Waals surface area contributed by atoms with Gasteiger partial charge in [-0.15, -0.1) is 10.2 Å². The fraction of sp³-hybridized carbons (Fsp3) is 0.529. The van der Waals surface area contributed by atoms with Crippen LogP contribution in [-0.4, -0.2) is 32.8 Å². The van der Waals surface area contributed by atoms with E-state index < -0.39 is 0 Å². The number of aryl methyl sites for hydroxylation is 2. The summed E-state index contributed by atoms with van der Waals surface area (Å²) in [7, 11) is 0. The number of fused-ring (bicyclic) bond motifs is 2. The summed E-state index contributed by atoms with van der Waals surface area (Å²) in [6, 6.07) is 4.64. The highest BCUT2D eigenvalue weighted by Crippen LogP contribution is 2.31. The SMILES string of the molecule is CCOc1cc2c(cc1CN1CCn3cnnc3C1)CCC2. The lowest BCUT2D eigenvalue weighted by atomic mass is 10.0. The molecule has 1 aromatic heterocycles. The topological polar surface area (TPSA) is 43.2 Å². The number of benzene rings is 1. The summed E-state index contributed by atoms with van der Waals surface area (Å²) in [5.74, 6) is 2.13. The molecular weight excluding hydrogens is 276 g/mol. The van der Waals surface area contributed by atoms with Gasteiger partial charge in [0, 0.05) is 25.2 Å². The molecule has 1 aliphatic heterocycles. The van der Waals surface area contributed by atoms with Gasteiger partial charge in [-0.1, -0.05) is 6.07 Å². The first-order valence-corrected chi connectivity index (χ1v) is 8.20. The summed E-state index contributed by atoms with van der Waals surface area (Å²) in [6.45, 7) is 6.57. The van der Waals surface area contributed by atoms with E-state index in [1.807, 2.05) is 6.33 Å². The molecule has 2 aromatic rings. The van der Waals surface area contributed by atoms with Crippen LogP contribution in [0.15, 0.2) is 18.5 Å². The second kappa shape index (κ2) is 5.72. The minimum Gasteiger partial charge on any atom is -0.494 e. The lowest BCUT2D eigenvalue weighted by Gasteiger charge is -2.27. The third kappa shape index (κ3) is 2.50. The van der Waals surface area contributed by atoms with Crippen LogP contribution >= 0.6 is 0 Å². The van der Waals surface area contributed by atoms with E-state index in [9.17, 15) is 0 Å². The van der Waals surface area contributed by atoms with Crippen molar-refractivity contribution in [1.29, 1.82) is 0 Å². The van der Waals surface area contributed by atoms with Crippen molar-refractivity contribution >= 4 is 0 Å². The lowest BCUT2D eigenvalue weighted by Crippen LogP contribution is -2.33. The molecular formula is C17H22N4O. The molecule has 4 rings (SSSR count). The van der Waals surface area contributed by atoms with Gasteiger partial charge in [0.1, 0.15) is 17.9 Å². The second-order valence-electron chi connectivity index (χ2n) is 6.17. The van der Waals surface area contributed by atoms with Crippen molar-refractivity contribution in [1.82, 2.24) is 19.7 Å². The Balaban J connectivity index is 1.57. The van der Waals surface area contributed by atoms with Crippen molar-refractivity contribution in [2.24, 2.45) is 0 Å². The summed E-state index contributed by atoms with van der Waals surface area (Å²) in [5, 5.41) is 8.21. The van der Waals surface area contributed by atoms with Crippen LogP contribution in [0.5, 0.6) is 5.75 Å². The van der Waals surface area contributed by atoms with E-state index in [0.717, 1.165) is 44.4 Å². The number of hydrogen-bond acceptors (Lipinski definition) is 4. The van der Waals surface area contributed by atoms with Crippen LogP contribution in [0.1, 0.15) is 35.9 Å². The molecule has 0 atom stereocenters. The van der Waals surface area contributed by atoms with E-state index in [-0.39, 0.29) is 0 Å². The van der Waals surface area contributed by atoms with E-state index >= 15 is 0 Å². The Morgan fingerprint density at radius 3 is 2.91 bits per heavy atom. The molecule has 2 heterocycles. The highest BCUT2D eigenvalue weighted by atomic mass is 16.5. The molecule has 5 nitrogen and oxygen atoms in total. The van der Waals surface area contributed by atoms with Gasteiger partial charge in [0.05, 0.1) is 13.2 Å². The molecule has 0 fully saturated rings. The van der Waals surface area contributed by atoms with E-state index in [1.165, 1.54) is 36.0 Å². The molecule has 0 unspecified atom stereocenters. The van der Waals surface area contributed by atoms with Crippen LogP contribution in [-0.2, 0) is 32.5 Å². The Bertz CT molecular complexity index is 679. The fourth-order valence-electron chi connectivity index (χ4n) is 3.56. The average Bonchev–Trinajstić information content (AvgIpc) is 3.15. The summed E-state index contributed by atoms with van der Waals surface area (Å²) in [4.78, 5) is 2.43. The molecule has 2 aliphatic rings. The normalized spacial score (nSPS) is 17.3. The molecule has 0 saturated carbocycles. The first-order valence-electron chi connectivity index (χ1n) is 8.20. The minimum atomic E-state index is 0.722. The van der Waals surface area contributed by atoms with Gasteiger partial charge in [-0.25, -0.2) is 0 Å². The summed E-state index contributed by atoms with van der Waals surface area (Å²) in [6.07, 6.45) is 5.51. The number of rotatable bonds is 4. The lowest BCUT2D eigenvalue weighted by molar-refractivity contribution is 0.205. The van der Waals surface area contributed by atoms with Gasteiger partial charge in [-0.2, -0.15) is 0 Å². The highest BCUT2D eigenvalue weighted by molar-refractivity contribution is 5.44.